The van der Waals surface area contributed by atoms with Gasteiger partial charge in [-0.2, -0.15) is 0 Å². The second-order valence-corrected chi connectivity index (χ2v) is 2.21. The van der Waals surface area contributed by atoms with Gasteiger partial charge < -0.3 is 9.47 Å². The van der Waals surface area contributed by atoms with Gasteiger partial charge in [-0.25, -0.2) is 4.98 Å². The molecule has 1 aromatic rings. The van der Waals surface area contributed by atoms with Crippen molar-refractivity contribution in [3.63, 3.8) is 0 Å². The average molecular weight is 167 g/mol. The number of pyridine rings is 1. The first-order chi connectivity index (χ1) is 5.93. The molecular weight excluding hydrogens is 154 g/mol. The molecule has 3 heteroatoms. The summed E-state index contributed by atoms with van der Waals surface area (Å²) in [5.41, 5.74) is 0. The molecule has 1 rings (SSSR count). The van der Waals surface area contributed by atoms with Crippen molar-refractivity contribution in [2.24, 2.45) is 0 Å². The molecule has 1 heterocycles. The molecule has 0 bridgehead atoms. The van der Waals surface area contributed by atoms with Crippen LogP contribution in [0.1, 0.15) is 6.92 Å². The number of ether oxygens (including phenoxy) is 2. The first-order valence-electron chi connectivity index (χ1n) is 4.05. The Bertz CT molecular complexity index is 201. The smallest absolute Gasteiger partial charge is 0.213 e. The van der Waals surface area contributed by atoms with E-state index in [9.17, 15) is 0 Å². The Labute approximate surface area is 72.3 Å². The summed E-state index contributed by atoms with van der Waals surface area (Å²) in [6.45, 7) is 3.87. The molecule has 0 saturated carbocycles. The topological polar surface area (TPSA) is 31.4 Å². The Balaban J connectivity index is 2.16. The monoisotopic (exact) mass is 167 g/mol. The Kier molecular flexibility index (Phi) is 4.16. The lowest BCUT2D eigenvalue weighted by Crippen LogP contribution is -2.06. The van der Waals surface area contributed by atoms with Crippen LogP contribution in [-0.4, -0.2) is 24.8 Å². The van der Waals surface area contributed by atoms with Crippen molar-refractivity contribution in [3.8, 4) is 5.88 Å². The zero-order valence-corrected chi connectivity index (χ0v) is 7.19. The molecule has 0 amide bonds. The third kappa shape index (κ3) is 3.34. The van der Waals surface area contributed by atoms with Gasteiger partial charge in [0.25, 0.3) is 0 Å². The minimum Gasteiger partial charge on any atom is -0.475 e. The quantitative estimate of drug-likeness (QED) is 0.623. The van der Waals surface area contributed by atoms with Gasteiger partial charge in [0, 0.05) is 18.9 Å². The summed E-state index contributed by atoms with van der Waals surface area (Å²) in [7, 11) is 0. The molecule has 1 aromatic heterocycles. The minimum atomic E-state index is 0.560. The van der Waals surface area contributed by atoms with Crippen molar-refractivity contribution >= 4 is 0 Å². The Morgan fingerprint density at radius 2 is 2.25 bits per heavy atom. The lowest BCUT2D eigenvalue weighted by molar-refractivity contribution is 0.108. The molecule has 0 fully saturated rings. The molecule has 0 unspecified atom stereocenters. The van der Waals surface area contributed by atoms with Gasteiger partial charge >= 0.3 is 0 Å². The number of hydrogen-bond acceptors (Lipinski definition) is 3. The van der Waals surface area contributed by atoms with Gasteiger partial charge in [-0.1, -0.05) is 6.07 Å². The van der Waals surface area contributed by atoms with Gasteiger partial charge in [0.05, 0.1) is 6.61 Å². The van der Waals surface area contributed by atoms with Crippen LogP contribution in [-0.2, 0) is 4.74 Å². The van der Waals surface area contributed by atoms with E-state index in [1.807, 2.05) is 25.1 Å². The van der Waals surface area contributed by atoms with Crippen molar-refractivity contribution in [2.45, 2.75) is 6.92 Å². The van der Waals surface area contributed by atoms with E-state index in [4.69, 9.17) is 9.47 Å². The van der Waals surface area contributed by atoms with E-state index >= 15 is 0 Å². The van der Waals surface area contributed by atoms with Crippen molar-refractivity contribution in [2.75, 3.05) is 19.8 Å². The van der Waals surface area contributed by atoms with Gasteiger partial charge in [0.1, 0.15) is 6.61 Å². The largest absolute Gasteiger partial charge is 0.475 e. The Morgan fingerprint density at radius 1 is 1.33 bits per heavy atom. The summed E-state index contributed by atoms with van der Waals surface area (Å²) in [5, 5.41) is 0. The van der Waals surface area contributed by atoms with Crippen LogP contribution in [0.2, 0.25) is 0 Å². The molecule has 0 aliphatic rings. The molecule has 0 aromatic carbocycles. The van der Waals surface area contributed by atoms with Crippen molar-refractivity contribution in [1.29, 1.82) is 0 Å². The summed E-state index contributed by atoms with van der Waals surface area (Å²) in [6.07, 6.45) is 1.70. The van der Waals surface area contributed by atoms with E-state index in [0.717, 1.165) is 6.61 Å². The maximum absolute atomic E-state index is 5.27. The normalized spacial score (nSPS) is 9.75. The van der Waals surface area contributed by atoms with E-state index in [0.29, 0.717) is 19.1 Å². The lowest BCUT2D eigenvalue weighted by Gasteiger charge is -2.03. The van der Waals surface area contributed by atoms with E-state index in [1.165, 1.54) is 0 Å². The van der Waals surface area contributed by atoms with Crippen LogP contribution in [0.3, 0.4) is 0 Å². The van der Waals surface area contributed by atoms with Crippen LogP contribution in [0.25, 0.3) is 0 Å². The Morgan fingerprint density at radius 3 is 2.92 bits per heavy atom. The molecule has 0 aliphatic heterocycles. The van der Waals surface area contributed by atoms with Crippen LogP contribution in [0.4, 0.5) is 0 Å². The van der Waals surface area contributed by atoms with Crippen LogP contribution < -0.4 is 4.74 Å². The molecule has 12 heavy (non-hydrogen) atoms. The second kappa shape index (κ2) is 5.55. The highest BCUT2D eigenvalue weighted by atomic mass is 16.5. The summed E-state index contributed by atoms with van der Waals surface area (Å²) >= 11 is 0. The van der Waals surface area contributed by atoms with E-state index in [-0.39, 0.29) is 0 Å². The average Bonchev–Trinajstić information content (AvgIpc) is 2.14. The SMILES string of the molecule is CCOCCOc1ccccn1. The van der Waals surface area contributed by atoms with Gasteiger partial charge in [0.2, 0.25) is 5.88 Å². The molecule has 0 radical (unpaired) electrons. The summed E-state index contributed by atoms with van der Waals surface area (Å²) in [5.74, 6) is 0.650. The predicted octanol–water partition coefficient (Wildman–Crippen LogP) is 1.50. The van der Waals surface area contributed by atoms with Crippen LogP contribution in [0.5, 0.6) is 5.88 Å². The molecule has 66 valence electrons. The maximum Gasteiger partial charge on any atom is 0.213 e. The van der Waals surface area contributed by atoms with Gasteiger partial charge in [-0.15, -0.1) is 0 Å². The van der Waals surface area contributed by atoms with Gasteiger partial charge in [-0.3, -0.25) is 0 Å². The van der Waals surface area contributed by atoms with Gasteiger partial charge in [-0.05, 0) is 13.0 Å². The molecule has 0 saturated heterocycles. The summed E-state index contributed by atoms with van der Waals surface area (Å²) < 4.78 is 10.4. The molecule has 0 spiro atoms. The number of hydrogen-bond donors (Lipinski definition) is 0. The molecule has 0 aliphatic carbocycles. The standard InChI is InChI=1S/C9H13NO2/c1-2-11-7-8-12-9-5-3-4-6-10-9/h3-6H,2,7-8H2,1H3. The highest BCUT2D eigenvalue weighted by Gasteiger charge is 1.91. The third-order valence-corrected chi connectivity index (χ3v) is 1.32. The molecule has 0 N–H and O–H groups in total. The number of rotatable bonds is 5. The number of nitrogens with zero attached hydrogens (tertiary/aromatic N) is 1. The zero-order valence-electron chi connectivity index (χ0n) is 7.19. The first-order valence-corrected chi connectivity index (χ1v) is 4.05. The van der Waals surface area contributed by atoms with E-state index < -0.39 is 0 Å². The van der Waals surface area contributed by atoms with Crippen LogP contribution in [0, 0.1) is 0 Å². The molecule has 3 nitrogen and oxygen atoms in total. The fourth-order valence-electron chi connectivity index (χ4n) is 0.782. The van der Waals surface area contributed by atoms with Crippen LogP contribution >= 0.6 is 0 Å². The first kappa shape index (κ1) is 9.00. The third-order valence-electron chi connectivity index (χ3n) is 1.32. The van der Waals surface area contributed by atoms with Gasteiger partial charge in [0.15, 0.2) is 0 Å². The highest BCUT2D eigenvalue weighted by molar-refractivity contribution is 5.08. The van der Waals surface area contributed by atoms with E-state index in [2.05, 4.69) is 4.98 Å². The fourth-order valence-corrected chi connectivity index (χ4v) is 0.782. The predicted molar refractivity (Wildman–Crippen MR) is 46.2 cm³/mol. The maximum atomic E-state index is 5.27. The minimum absolute atomic E-state index is 0.560. The van der Waals surface area contributed by atoms with Crippen molar-refractivity contribution < 1.29 is 9.47 Å². The fraction of sp³-hybridized carbons (Fsp3) is 0.444. The second-order valence-electron chi connectivity index (χ2n) is 2.21. The Hall–Kier alpha value is -1.09. The summed E-state index contributed by atoms with van der Waals surface area (Å²) in [4.78, 5) is 4.00. The molecular formula is C9H13NO2. The van der Waals surface area contributed by atoms with Crippen molar-refractivity contribution in [3.05, 3.63) is 24.4 Å². The highest BCUT2D eigenvalue weighted by Crippen LogP contribution is 2.02. The van der Waals surface area contributed by atoms with Crippen LogP contribution in [0.15, 0.2) is 24.4 Å². The number of aromatic nitrogens is 1. The summed E-state index contributed by atoms with van der Waals surface area (Å²) in [6, 6.07) is 5.57. The van der Waals surface area contributed by atoms with Crippen molar-refractivity contribution in [1.82, 2.24) is 4.98 Å². The van der Waals surface area contributed by atoms with E-state index in [1.54, 1.807) is 6.20 Å². The zero-order chi connectivity index (χ0) is 8.65. The lowest BCUT2D eigenvalue weighted by atomic mass is 10.5. The molecule has 0 atom stereocenters.